The van der Waals surface area contributed by atoms with E-state index in [-0.39, 0.29) is 23.0 Å². The molecule has 0 radical (unpaired) electrons. The molecule has 0 unspecified atom stereocenters. The van der Waals surface area contributed by atoms with E-state index in [4.69, 9.17) is 4.74 Å². The second-order valence-electron chi connectivity index (χ2n) is 10.5. The molecule has 2 aromatic heterocycles. The van der Waals surface area contributed by atoms with E-state index in [0.717, 1.165) is 24.1 Å². The number of aromatic amines is 2. The molecule has 1 aliphatic heterocycles. The smallest absolute Gasteiger partial charge is 0.266 e. The third kappa shape index (κ3) is 3.74. The number of nitrogens with one attached hydrogen (secondary N) is 2. The van der Waals surface area contributed by atoms with Gasteiger partial charge < -0.3 is 14.6 Å². The predicted molar refractivity (Wildman–Crippen MR) is 128 cm³/mol. The number of ether oxygens (including phenoxy) is 1. The Bertz CT molecular complexity index is 1300. The maximum absolute atomic E-state index is 14.1. The van der Waals surface area contributed by atoms with Crippen molar-refractivity contribution in [2.24, 2.45) is 11.3 Å². The molecule has 3 aromatic rings. The van der Waals surface area contributed by atoms with Crippen LogP contribution in [0.3, 0.4) is 0 Å². The lowest BCUT2D eigenvalue weighted by Crippen LogP contribution is -2.50. The third-order valence-electron chi connectivity index (χ3n) is 8.26. The summed E-state index contributed by atoms with van der Waals surface area (Å²) in [6, 6.07) is 2.70. The molecule has 1 saturated carbocycles. The lowest BCUT2D eigenvalue weighted by molar-refractivity contribution is -0.124. The number of carbonyl (C=O) groups excluding carboxylic acids is 1. The van der Waals surface area contributed by atoms with Gasteiger partial charge in [-0.05, 0) is 49.7 Å². The summed E-state index contributed by atoms with van der Waals surface area (Å²) in [5.41, 5.74) is 4.22. The molecule has 2 N–H and O–H groups in total. The number of carbonyl (C=O) groups is 1. The van der Waals surface area contributed by atoms with Gasteiger partial charge in [0, 0.05) is 42.6 Å². The third-order valence-corrected chi connectivity index (χ3v) is 8.26. The number of rotatable bonds is 5. The van der Waals surface area contributed by atoms with Crippen molar-refractivity contribution < 1.29 is 18.3 Å². The Morgan fingerprint density at radius 2 is 2.09 bits per heavy atom. The van der Waals surface area contributed by atoms with Crippen molar-refractivity contribution in [3.63, 3.8) is 0 Å². The molecule has 3 aliphatic rings. The van der Waals surface area contributed by atoms with Crippen molar-refractivity contribution >= 4 is 22.6 Å². The first-order valence-corrected chi connectivity index (χ1v) is 12.2. The van der Waals surface area contributed by atoms with Gasteiger partial charge in [-0.1, -0.05) is 6.92 Å². The van der Waals surface area contributed by atoms with Gasteiger partial charge in [0.25, 0.3) is 6.43 Å². The van der Waals surface area contributed by atoms with Crippen LogP contribution in [0.2, 0.25) is 0 Å². The molecule has 186 valence electrons. The predicted octanol–water partition coefficient (Wildman–Crippen LogP) is 3.70. The van der Waals surface area contributed by atoms with E-state index in [1.54, 1.807) is 13.1 Å². The molecule has 6 rings (SSSR count). The molecule has 2 fully saturated rings. The molecule has 35 heavy (non-hydrogen) atoms. The maximum Gasteiger partial charge on any atom is 0.266 e. The number of likely N-dealkylation sites (N-methyl/N-ethyl adjacent to an activating group) is 1. The fraction of sp³-hybridized carbons (Fsp3) is 0.560. The number of anilines is 1. The minimum absolute atomic E-state index is 0.156. The Labute approximate surface area is 202 Å². The zero-order valence-corrected chi connectivity index (χ0v) is 20.2. The Morgan fingerprint density at radius 3 is 2.83 bits per heavy atom. The van der Waals surface area contributed by atoms with Crippen molar-refractivity contribution in [2.75, 3.05) is 38.3 Å². The molecule has 2 aliphatic carbocycles. The van der Waals surface area contributed by atoms with Crippen molar-refractivity contribution in [2.45, 2.75) is 45.6 Å². The molecular formula is C25H30F2N6O2. The highest BCUT2D eigenvalue weighted by molar-refractivity contribution is 5.98. The van der Waals surface area contributed by atoms with E-state index in [2.05, 4.69) is 27.1 Å². The van der Waals surface area contributed by atoms with Gasteiger partial charge in [-0.25, -0.2) is 13.8 Å². The van der Waals surface area contributed by atoms with Gasteiger partial charge in [-0.15, -0.1) is 0 Å². The highest BCUT2D eigenvalue weighted by atomic mass is 19.3. The number of halogens is 2. The van der Waals surface area contributed by atoms with Gasteiger partial charge in [0.1, 0.15) is 5.69 Å². The number of H-pyrrole nitrogens is 2. The summed E-state index contributed by atoms with van der Waals surface area (Å²) in [5.74, 6) is 0.972. The normalized spacial score (nSPS) is 24.9. The standard InChI is InChI=1S/C25H30F2N6O2/c1-13(33-4-6-35-7-5-33)24(34)32(3)15-9-17(22(26)27)20-18(10-15)28-23(29-20)21-16-8-14-11-25(14,2)12-19(16)30-31-21/h9-10,13-14,22H,4-8,11-12H2,1-3H3,(H,28,29)(H,30,31)/t13-,14+,25+/m0/s1. The lowest BCUT2D eigenvalue weighted by atomic mass is 9.88. The molecular weight excluding hydrogens is 454 g/mol. The summed E-state index contributed by atoms with van der Waals surface area (Å²) in [4.78, 5) is 24.5. The summed E-state index contributed by atoms with van der Waals surface area (Å²) < 4.78 is 33.6. The number of nitrogens with zero attached hydrogens (tertiary/aromatic N) is 4. The van der Waals surface area contributed by atoms with E-state index in [1.807, 2.05) is 11.8 Å². The van der Waals surface area contributed by atoms with Crippen molar-refractivity contribution in [3.8, 4) is 11.5 Å². The van der Waals surface area contributed by atoms with Crippen LogP contribution in [0, 0.1) is 11.3 Å². The summed E-state index contributed by atoms with van der Waals surface area (Å²) in [5, 5.41) is 7.65. The molecule has 1 saturated heterocycles. The number of fused-ring (bicyclic) bond motifs is 3. The second-order valence-corrected chi connectivity index (χ2v) is 10.5. The molecule has 10 heteroatoms. The second kappa shape index (κ2) is 8.09. The largest absolute Gasteiger partial charge is 0.379 e. The number of imidazole rings is 1. The molecule has 0 bridgehead atoms. The Balaban J connectivity index is 1.34. The Morgan fingerprint density at radius 1 is 1.31 bits per heavy atom. The van der Waals surface area contributed by atoms with Crippen LogP contribution in [0.1, 0.15) is 43.5 Å². The molecule has 1 aromatic carbocycles. The first-order valence-electron chi connectivity index (χ1n) is 12.2. The van der Waals surface area contributed by atoms with E-state index < -0.39 is 6.43 Å². The quantitative estimate of drug-likeness (QED) is 0.577. The summed E-state index contributed by atoms with van der Waals surface area (Å²) in [7, 11) is 1.62. The fourth-order valence-corrected chi connectivity index (χ4v) is 5.78. The SMILES string of the molecule is C[C@@H](C(=O)N(C)c1cc(C(F)F)c2[nH]c(-c3n[nH]c4c3C[C@@H]3C[C@]3(C)C4)nc2c1)N1CCOCC1. The summed E-state index contributed by atoms with van der Waals surface area (Å²) in [6.07, 6.45) is 0.377. The van der Waals surface area contributed by atoms with Crippen molar-refractivity contribution in [1.29, 1.82) is 0 Å². The van der Waals surface area contributed by atoms with Crippen LogP contribution in [0.15, 0.2) is 12.1 Å². The van der Waals surface area contributed by atoms with Crippen LogP contribution in [-0.4, -0.2) is 70.4 Å². The van der Waals surface area contributed by atoms with Crippen LogP contribution in [-0.2, 0) is 22.4 Å². The monoisotopic (exact) mass is 484 g/mol. The van der Waals surface area contributed by atoms with Crippen LogP contribution in [0.25, 0.3) is 22.6 Å². The van der Waals surface area contributed by atoms with E-state index >= 15 is 0 Å². The first kappa shape index (κ1) is 22.6. The molecule has 3 atom stereocenters. The number of hydrogen-bond donors (Lipinski definition) is 2. The van der Waals surface area contributed by atoms with Crippen LogP contribution >= 0.6 is 0 Å². The highest BCUT2D eigenvalue weighted by Gasteiger charge is 2.53. The van der Waals surface area contributed by atoms with Gasteiger partial charge in [-0.2, -0.15) is 5.10 Å². The van der Waals surface area contributed by atoms with Gasteiger partial charge in [-0.3, -0.25) is 14.8 Å². The number of hydrogen-bond acceptors (Lipinski definition) is 5. The highest BCUT2D eigenvalue weighted by Crippen LogP contribution is 2.59. The number of aromatic nitrogens is 4. The van der Waals surface area contributed by atoms with E-state index in [9.17, 15) is 13.6 Å². The minimum atomic E-state index is -2.72. The number of benzene rings is 1. The summed E-state index contributed by atoms with van der Waals surface area (Å²) in [6.45, 7) is 6.63. The van der Waals surface area contributed by atoms with Crippen molar-refractivity contribution in [1.82, 2.24) is 25.1 Å². The first-order chi connectivity index (χ1) is 16.7. The topological polar surface area (TPSA) is 90.1 Å². The number of amides is 1. The van der Waals surface area contributed by atoms with Gasteiger partial charge in [0.2, 0.25) is 5.91 Å². The Kier molecular flexibility index (Phi) is 5.23. The van der Waals surface area contributed by atoms with E-state index in [0.29, 0.717) is 60.4 Å². The average Bonchev–Trinajstić information content (AvgIpc) is 3.15. The maximum atomic E-state index is 14.1. The van der Waals surface area contributed by atoms with E-state index in [1.165, 1.54) is 17.4 Å². The Hall–Kier alpha value is -2.85. The van der Waals surface area contributed by atoms with Crippen molar-refractivity contribution in [3.05, 3.63) is 29.0 Å². The number of morpholine rings is 1. The lowest BCUT2D eigenvalue weighted by Gasteiger charge is -2.33. The van der Waals surface area contributed by atoms with Gasteiger partial charge in [0.15, 0.2) is 5.82 Å². The average molecular weight is 485 g/mol. The van der Waals surface area contributed by atoms with Gasteiger partial charge >= 0.3 is 0 Å². The molecule has 1 amide bonds. The zero-order valence-electron chi connectivity index (χ0n) is 20.2. The van der Waals surface area contributed by atoms with Crippen LogP contribution in [0.4, 0.5) is 14.5 Å². The molecule has 0 spiro atoms. The summed E-state index contributed by atoms with van der Waals surface area (Å²) >= 11 is 0. The number of alkyl halides is 2. The minimum Gasteiger partial charge on any atom is -0.379 e. The fourth-order valence-electron chi connectivity index (χ4n) is 5.78. The zero-order chi connectivity index (χ0) is 24.5. The van der Waals surface area contributed by atoms with Crippen LogP contribution in [0.5, 0.6) is 0 Å². The molecule has 3 heterocycles. The molecule has 8 nitrogen and oxygen atoms in total. The van der Waals surface area contributed by atoms with Crippen LogP contribution < -0.4 is 4.90 Å². The van der Waals surface area contributed by atoms with Gasteiger partial charge in [0.05, 0.1) is 30.3 Å².